The fourth-order valence-corrected chi connectivity index (χ4v) is 0.417. The predicted octanol–water partition coefficient (Wildman–Crippen LogP) is 3.02. The standard InChI is InChI=1S/C4HF9O/c5-1(6)14-2(7,3(8,9)10)4(11,12)13/h1H. The molecule has 0 unspecified atom stereocenters. The van der Waals surface area contributed by atoms with E-state index in [0.717, 1.165) is 0 Å². The van der Waals surface area contributed by atoms with Crippen LogP contribution in [0.1, 0.15) is 0 Å². The van der Waals surface area contributed by atoms with Crippen LogP contribution < -0.4 is 0 Å². The molecule has 14 heavy (non-hydrogen) atoms. The van der Waals surface area contributed by atoms with Crippen LogP contribution in [-0.4, -0.2) is 24.8 Å². The van der Waals surface area contributed by atoms with Gasteiger partial charge in [-0.2, -0.15) is 39.5 Å². The van der Waals surface area contributed by atoms with E-state index >= 15 is 0 Å². The molecular weight excluding hydrogens is 235 g/mol. The van der Waals surface area contributed by atoms with Gasteiger partial charge in [-0.15, -0.1) is 0 Å². The highest BCUT2D eigenvalue weighted by Gasteiger charge is 2.75. The molecule has 0 heterocycles. The Balaban J connectivity index is 5.07. The summed E-state index contributed by atoms with van der Waals surface area (Å²) in [7, 11) is 0. The number of rotatable bonds is 2. The number of alkyl halides is 9. The lowest BCUT2D eigenvalue weighted by Gasteiger charge is -2.28. The molecule has 1 nitrogen and oxygen atoms in total. The van der Waals surface area contributed by atoms with Crippen molar-refractivity contribution in [2.24, 2.45) is 0 Å². The van der Waals surface area contributed by atoms with Crippen molar-refractivity contribution in [3.05, 3.63) is 0 Å². The third-order valence-electron chi connectivity index (χ3n) is 0.981. The van der Waals surface area contributed by atoms with Gasteiger partial charge in [0.25, 0.3) is 0 Å². The van der Waals surface area contributed by atoms with E-state index in [2.05, 4.69) is 0 Å². The molecule has 0 N–H and O–H groups in total. The minimum absolute atomic E-state index is 1.92. The first kappa shape index (κ1) is 13.3. The van der Waals surface area contributed by atoms with E-state index in [-0.39, 0.29) is 0 Å². The summed E-state index contributed by atoms with van der Waals surface area (Å²) in [4.78, 5) is 0. The van der Waals surface area contributed by atoms with Crippen molar-refractivity contribution in [3.63, 3.8) is 0 Å². The van der Waals surface area contributed by atoms with Crippen molar-refractivity contribution in [1.82, 2.24) is 0 Å². The highest BCUT2D eigenvalue weighted by molar-refractivity contribution is 4.85. The van der Waals surface area contributed by atoms with E-state index in [0.29, 0.717) is 0 Å². The van der Waals surface area contributed by atoms with Crippen LogP contribution in [-0.2, 0) is 4.74 Å². The van der Waals surface area contributed by atoms with E-state index < -0.39 is 24.8 Å². The molecule has 0 aromatic rings. The molecule has 0 radical (unpaired) electrons. The maximum atomic E-state index is 12.1. The molecule has 0 aromatic heterocycles. The zero-order chi connectivity index (χ0) is 11.8. The molecule has 0 aliphatic heterocycles. The van der Waals surface area contributed by atoms with Gasteiger partial charge in [0.1, 0.15) is 0 Å². The summed E-state index contributed by atoms with van der Waals surface area (Å²) in [5.74, 6) is -6.35. The molecule has 0 atom stereocenters. The molecule has 86 valence electrons. The SMILES string of the molecule is FC(F)OC(F)(C(F)(F)F)C(F)(F)F. The van der Waals surface area contributed by atoms with Gasteiger partial charge in [0, 0.05) is 0 Å². The van der Waals surface area contributed by atoms with Gasteiger partial charge in [-0.25, -0.2) is 0 Å². The first-order valence-electron chi connectivity index (χ1n) is 2.70. The highest BCUT2D eigenvalue weighted by atomic mass is 19.4. The zero-order valence-electron chi connectivity index (χ0n) is 5.89. The summed E-state index contributed by atoms with van der Waals surface area (Å²) in [6.07, 6.45) is -13.2. The Morgan fingerprint density at radius 2 is 1.00 bits per heavy atom. The molecule has 0 spiro atoms. The lowest BCUT2D eigenvalue weighted by atomic mass is 10.3. The van der Waals surface area contributed by atoms with Gasteiger partial charge in [-0.3, -0.25) is 4.74 Å². The van der Waals surface area contributed by atoms with Crippen molar-refractivity contribution < 1.29 is 44.3 Å². The zero-order valence-corrected chi connectivity index (χ0v) is 5.89. The first-order chi connectivity index (χ1) is 5.92. The Morgan fingerprint density at radius 3 is 1.07 bits per heavy atom. The second-order valence-corrected chi connectivity index (χ2v) is 1.97. The summed E-state index contributed by atoms with van der Waals surface area (Å²) in [5.41, 5.74) is 0. The lowest BCUT2D eigenvalue weighted by molar-refractivity contribution is -0.457. The molecule has 0 saturated heterocycles. The Kier molecular flexibility index (Phi) is 3.31. The van der Waals surface area contributed by atoms with Gasteiger partial charge < -0.3 is 0 Å². The van der Waals surface area contributed by atoms with Crippen molar-refractivity contribution in [2.45, 2.75) is 24.8 Å². The van der Waals surface area contributed by atoms with Crippen LogP contribution in [0, 0.1) is 0 Å². The van der Waals surface area contributed by atoms with Crippen LogP contribution >= 0.6 is 0 Å². The molecule has 0 aliphatic carbocycles. The van der Waals surface area contributed by atoms with Crippen LogP contribution in [0.3, 0.4) is 0 Å². The quantitative estimate of drug-likeness (QED) is 0.669. The average Bonchev–Trinajstić information content (AvgIpc) is 1.79. The van der Waals surface area contributed by atoms with Crippen molar-refractivity contribution in [2.75, 3.05) is 0 Å². The number of hydrogen-bond donors (Lipinski definition) is 0. The lowest BCUT2D eigenvalue weighted by Crippen LogP contribution is -2.56. The van der Waals surface area contributed by atoms with E-state index in [9.17, 15) is 39.5 Å². The maximum absolute atomic E-state index is 12.1. The summed E-state index contributed by atoms with van der Waals surface area (Å²) in [6.45, 7) is -4.54. The van der Waals surface area contributed by atoms with Gasteiger partial charge in [-0.05, 0) is 0 Å². The first-order valence-corrected chi connectivity index (χ1v) is 2.70. The smallest absolute Gasteiger partial charge is 0.270 e. The number of ether oxygens (including phenoxy) is 1. The second kappa shape index (κ2) is 3.48. The van der Waals surface area contributed by atoms with Crippen molar-refractivity contribution in [3.8, 4) is 0 Å². The average molecular weight is 236 g/mol. The minimum Gasteiger partial charge on any atom is -0.270 e. The molecule has 10 heteroatoms. The second-order valence-electron chi connectivity index (χ2n) is 1.97. The Bertz CT molecular complexity index is 176. The number of hydrogen-bond acceptors (Lipinski definition) is 1. The summed E-state index contributed by atoms with van der Waals surface area (Å²) >= 11 is 0. The topological polar surface area (TPSA) is 9.23 Å². The largest absolute Gasteiger partial charge is 0.458 e. The molecular formula is C4HF9O. The van der Waals surface area contributed by atoms with E-state index in [4.69, 9.17) is 0 Å². The molecule has 0 bridgehead atoms. The van der Waals surface area contributed by atoms with Crippen LogP contribution in [0.15, 0.2) is 0 Å². The fraction of sp³-hybridized carbons (Fsp3) is 1.00. The van der Waals surface area contributed by atoms with E-state index in [1.165, 1.54) is 0 Å². The summed E-state index contributed by atoms with van der Waals surface area (Å²) < 4.78 is 105. The van der Waals surface area contributed by atoms with Crippen LogP contribution in [0.25, 0.3) is 0 Å². The van der Waals surface area contributed by atoms with E-state index in [1.807, 2.05) is 4.74 Å². The fourth-order valence-electron chi connectivity index (χ4n) is 0.417. The van der Waals surface area contributed by atoms with Gasteiger partial charge in [0.2, 0.25) is 0 Å². The Hall–Kier alpha value is -0.670. The van der Waals surface area contributed by atoms with Crippen LogP contribution in [0.5, 0.6) is 0 Å². The molecule has 0 rings (SSSR count). The van der Waals surface area contributed by atoms with Gasteiger partial charge >= 0.3 is 24.8 Å². The normalized spacial score (nSPS) is 15.0. The van der Waals surface area contributed by atoms with Crippen molar-refractivity contribution >= 4 is 0 Å². The molecule has 0 aromatic carbocycles. The molecule has 0 aliphatic rings. The minimum atomic E-state index is -6.62. The van der Waals surface area contributed by atoms with E-state index in [1.54, 1.807) is 0 Å². The van der Waals surface area contributed by atoms with Crippen LogP contribution in [0.4, 0.5) is 39.5 Å². The monoisotopic (exact) mass is 236 g/mol. The van der Waals surface area contributed by atoms with Crippen LogP contribution in [0.2, 0.25) is 0 Å². The molecule has 0 fully saturated rings. The predicted molar refractivity (Wildman–Crippen MR) is 23.0 cm³/mol. The van der Waals surface area contributed by atoms with Gasteiger partial charge in [0.15, 0.2) is 0 Å². The summed E-state index contributed by atoms with van der Waals surface area (Å²) in [6, 6.07) is 0. The number of halogens is 9. The highest BCUT2D eigenvalue weighted by Crippen LogP contribution is 2.47. The summed E-state index contributed by atoms with van der Waals surface area (Å²) in [5, 5.41) is 0. The maximum Gasteiger partial charge on any atom is 0.458 e. The van der Waals surface area contributed by atoms with Gasteiger partial charge in [-0.1, -0.05) is 0 Å². The third kappa shape index (κ3) is 2.42. The Labute approximate surface area is 70.4 Å². The molecule has 0 saturated carbocycles. The molecule has 0 amide bonds. The Morgan fingerprint density at radius 1 is 0.714 bits per heavy atom. The van der Waals surface area contributed by atoms with Crippen molar-refractivity contribution in [1.29, 1.82) is 0 Å². The van der Waals surface area contributed by atoms with Gasteiger partial charge in [0.05, 0.1) is 0 Å². The third-order valence-corrected chi connectivity index (χ3v) is 0.981.